The highest BCUT2D eigenvalue weighted by atomic mass is 16.5. The topological polar surface area (TPSA) is 58.8 Å². The van der Waals surface area contributed by atoms with E-state index in [0.29, 0.717) is 5.92 Å². The molecule has 6 nitrogen and oxygen atoms in total. The summed E-state index contributed by atoms with van der Waals surface area (Å²) in [7, 11) is 3.57. The van der Waals surface area contributed by atoms with Crippen LogP contribution in [0.2, 0.25) is 0 Å². The van der Waals surface area contributed by atoms with Crippen LogP contribution < -0.4 is 0 Å². The van der Waals surface area contributed by atoms with Gasteiger partial charge in [-0.15, -0.1) is 0 Å². The molecule has 3 heterocycles. The Bertz CT molecular complexity index is 514. The molecule has 1 amide bonds. The molecule has 0 N–H and O–H groups in total. The lowest BCUT2D eigenvalue weighted by molar-refractivity contribution is -0.141. The number of hydrogen-bond acceptors (Lipinski definition) is 5. The standard InChI is InChI=1S/C15H23N3O3/c1-10-6-12(16-21-10)8-18-5-4-11-7-13(15(19)17(2)3)20-14(11)9-18/h6,11,13-14H,4-5,7-9H2,1-3H3/t11-,13+,14-/m0/s1. The van der Waals surface area contributed by atoms with E-state index in [0.717, 1.165) is 43.9 Å². The Morgan fingerprint density at radius 1 is 1.52 bits per heavy atom. The predicted octanol–water partition coefficient (Wildman–Crippen LogP) is 1.05. The summed E-state index contributed by atoms with van der Waals surface area (Å²) in [5.41, 5.74) is 0.963. The molecule has 0 radical (unpaired) electrons. The van der Waals surface area contributed by atoms with E-state index in [-0.39, 0.29) is 18.1 Å². The van der Waals surface area contributed by atoms with Crippen LogP contribution in [-0.4, -0.2) is 60.3 Å². The SMILES string of the molecule is Cc1cc(CN2CC[C@H]3C[C@H](C(=O)N(C)C)O[C@H]3C2)no1. The van der Waals surface area contributed by atoms with Crippen molar-refractivity contribution in [1.82, 2.24) is 15.0 Å². The molecule has 2 saturated heterocycles. The summed E-state index contributed by atoms with van der Waals surface area (Å²) >= 11 is 0. The Morgan fingerprint density at radius 2 is 2.33 bits per heavy atom. The minimum Gasteiger partial charge on any atom is -0.364 e. The maximum atomic E-state index is 12.0. The number of amides is 1. The van der Waals surface area contributed by atoms with E-state index in [2.05, 4.69) is 10.1 Å². The first-order valence-electron chi connectivity index (χ1n) is 7.54. The van der Waals surface area contributed by atoms with Crippen LogP contribution in [0.15, 0.2) is 10.6 Å². The zero-order valence-electron chi connectivity index (χ0n) is 12.9. The fraction of sp³-hybridized carbons (Fsp3) is 0.733. The summed E-state index contributed by atoms with van der Waals surface area (Å²) in [5, 5.41) is 4.04. The number of rotatable bonds is 3. The molecular formula is C15H23N3O3. The van der Waals surface area contributed by atoms with Crippen molar-refractivity contribution in [2.24, 2.45) is 5.92 Å². The Morgan fingerprint density at radius 3 is 3.00 bits per heavy atom. The molecule has 3 rings (SSSR count). The van der Waals surface area contributed by atoms with Crippen molar-refractivity contribution in [2.75, 3.05) is 27.2 Å². The second kappa shape index (κ2) is 5.77. The third kappa shape index (κ3) is 3.11. The molecule has 1 aromatic heterocycles. The lowest BCUT2D eigenvalue weighted by Gasteiger charge is -2.33. The first-order chi connectivity index (χ1) is 10.0. The Labute approximate surface area is 125 Å². The number of ether oxygens (including phenoxy) is 1. The second-order valence-corrected chi connectivity index (χ2v) is 6.34. The highest BCUT2D eigenvalue weighted by Crippen LogP contribution is 2.34. The van der Waals surface area contributed by atoms with E-state index >= 15 is 0 Å². The van der Waals surface area contributed by atoms with Crippen molar-refractivity contribution in [3.05, 3.63) is 17.5 Å². The fourth-order valence-corrected chi connectivity index (χ4v) is 3.31. The summed E-state index contributed by atoms with van der Waals surface area (Å²) in [6.45, 7) is 4.59. The second-order valence-electron chi connectivity index (χ2n) is 6.34. The quantitative estimate of drug-likeness (QED) is 0.834. The predicted molar refractivity (Wildman–Crippen MR) is 76.6 cm³/mol. The number of carbonyl (C=O) groups is 1. The maximum Gasteiger partial charge on any atom is 0.251 e. The van der Waals surface area contributed by atoms with E-state index in [1.165, 1.54) is 0 Å². The van der Waals surface area contributed by atoms with Gasteiger partial charge >= 0.3 is 0 Å². The average Bonchev–Trinajstić information content (AvgIpc) is 3.03. The zero-order valence-corrected chi connectivity index (χ0v) is 12.9. The van der Waals surface area contributed by atoms with Crippen molar-refractivity contribution in [3.63, 3.8) is 0 Å². The minimum atomic E-state index is -0.260. The average molecular weight is 293 g/mol. The molecule has 2 aliphatic rings. The van der Waals surface area contributed by atoms with Crippen LogP contribution in [0.1, 0.15) is 24.3 Å². The van der Waals surface area contributed by atoms with Crippen LogP contribution in [0.5, 0.6) is 0 Å². The molecule has 0 spiro atoms. The van der Waals surface area contributed by atoms with Gasteiger partial charge in [-0.2, -0.15) is 0 Å². The van der Waals surface area contributed by atoms with Crippen LogP contribution in [0.3, 0.4) is 0 Å². The molecule has 6 heteroatoms. The maximum absolute atomic E-state index is 12.0. The Kier molecular flexibility index (Phi) is 3.99. The van der Waals surface area contributed by atoms with Gasteiger partial charge in [-0.05, 0) is 32.2 Å². The number of nitrogens with zero attached hydrogens (tertiary/aromatic N) is 3. The van der Waals surface area contributed by atoms with Gasteiger partial charge in [0.2, 0.25) is 0 Å². The molecule has 0 aromatic carbocycles. The lowest BCUT2D eigenvalue weighted by atomic mass is 9.91. The molecule has 0 saturated carbocycles. The van der Waals surface area contributed by atoms with Gasteiger partial charge in [0.1, 0.15) is 11.9 Å². The first-order valence-corrected chi connectivity index (χ1v) is 7.54. The summed E-state index contributed by atoms with van der Waals surface area (Å²) < 4.78 is 11.1. The number of carbonyl (C=O) groups excluding carboxylic acids is 1. The van der Waals surface area contributed by atoms with Crippen molar-refractivity contribution in [1.29, 1.82) is 0 Å². The molecule has 1 aromatic rings. The number of likely N-dealkylation sites (tertiary alicyclic amines) is 1. The normalized spacial score (nSPS) is 29.4. The van der Waals surface area contributed by atoms with Gasteiger partial charge in [0, 0.05) is 33.3 Å². The molecule has 116 valence electrons. The number of aromatic nitrogens is 1. The van der Waals surface area contributed by atoms with Crippen molar-refractivity contribution >= 4 is 5.91 Å². The van der Waals surface area contributed by atoms with Crippen molar-refractivity contribution in [2.45, 2.75) is 38.5 Å². The highest BCUT2D eigenvalue weighted by Gasteiger charge is 2.42. The number of fused-ring (bicyclic) bond motifs is 1. The molecule has 3 atom stereocenters. The van der Waals surface area contributed by atoms with Gasteiger partial charge in [-0.25, -0.2) is 0 Å². The summed E-state index contributed by atoms with van der Waals surface area (Å²) in [6, 6.07) is 1.97. The molecule has 0 aliphatic carbocycles. The van der Waals surface area contributed by atoms with Gasteiger partial charge in [-0.1, -0.05) is 5.16 Å². The van der Waals surface area contributed by atoms with Crippen LogP contribution in [-0.2, 0) is 16.1 Å². The monoisotopic (exact) mass is 293 g/mol. The summed E-state index contributed by atoms with van der Waals surface area (Å²) in [4.78, 5) is 16.0. The van der Waals surface area contributed by atoms with Crippen LogP contribution in [0.4, 0.5) is 0 Å². The Balaban J connectivity index is 1.57. The van der Waals surface area contributed by atoms with E-state index in [4.69, 9.17) is 9.26 Å². The zero-order chi connectivity index (χ0) is 15.0. The van der Waals surface area contributed by atoms with E-state index in [1.54, 1.807) is 19.0 Å². The van der Waals surface area contributed by atoms with E-state index in [1.807, 2.05) is 13.0 Å². The number of likely N-dealkylation sites (N-methyl/N-ethyl adjacent to an activating group) is 1. The number of hydrogen-bond donors (Lipinski definition) is 0. The van der Waals surface area contributed by atoms with Crippen LogP contribution in [0.25, 0.3) is 0 Å². The molecular weight excluding hydrogens is 270 g/mol. The Hall–Kier alpha value is -1.40. The van der Waals surface area contributed by atoms with Crippen molar-refractivity contribution in [3.8, 4) is 0 Å². The lowest BCUT2D eigenvalue weighted by Crippen LogP contribution is -2.42. The first kappa shape index (κ1) is 14.5. The molecule has 21 heavy (non-hydrogen) atoms. The van der Waals surface area contributed by atoms with E-state index < -0.39 is 0 Å². The van der Waals surface area contributed by atoms with Gasteiger partial charge in [-0.3, -0.25) is 9.69 Å². The minimum absolute atomic E-state index is 0.0862. The largest absolute Gasteiger partial charge is 0.364 e. The smallest absolute Gasteiger partial charge is 0.251 e. The molecule has 2 fully saturated rings. The molecule has 2 aliphatic heterocycles. The van der Waals surface area contributed by atoms with Gasteiger partial charge in [0.05, 0.1) is 11.8 Å². The fourth-order valence-electron chi connectivity index (χ4n) is 3.31. The van der Waals surface area contributed by atoms with Gasteiger partial charge in [0.15, 0.2) is 0 Å². The third-order valence-electron chi connectivity index (χ3n) is 4.41. The van der Waals surface area contributed by atoms with Gasteiger partial charge < -0.3 is 14.2 Å². The van der Waals surface area contributed by atoms with Crippen molar-refractivity contribution < 1.29 is 14.1 Å². The van der Waals surface area contributed by atoms with Gasteiger partial charge in [0.25, 0.3) is 5.91 Å². The number of piperidine rings is 1. The van der Waals surface area contributed by atoms with Crippen LogP contribution >= 0.6 is 0 Å². The highest BCUT2D eigenvalue weighted by molar-refractivity contribution is 5.80. The molecule has 0 unspecified atom stereocenters. The molecule has 0 bridgehead atoms. The number of aryl methyl sites for hydroxylation is 1. The van der Waals surface area contributed by atoms with Crippen LogP contribution in [0, 0.1) is 12.8 Å². The summed E-state index contributed by atoms with van der Waals surface area (Å²) in [6.07, 6.45) is 1.85. The third-order valence-corrected chi connectivity index (χ3v) is 4.41. The van der Waals surface area contributed by atoms with E-state index in [9.17, 15) is 4.79 Å². The summed E-state index contributed by atoms with van der Waals surface area (Å²) in [5.74, 6) is 1.44.